The number of anilines is 1. The molecule has 1 aliphatic heterocycles. The standard InChI is InChI=1S/C22H15ClINO2/c23-19-12-15(11-18-17-3-1-2-4-20(17)25-22(18)26)7-10-21(19)27-13-14-5-8-16(24)9-6-14/h1-12H,13H2,(H,25,26). The Bertz CT molecular complexity index is 1040. The molecular formula is C22H15ClINO2. The van der Waals surface area contributed by atoms with E-state index in [0.717, 1.165) is 22.4 Å². The van der Waals surface area contributed by atoms with Crippen molar-refractivity contribution in [3.05, 3.63) is 92.0 Å². The van der Waals surface area contributed by atoms with E-state index in [2.05, 4.69) is 27.9 Å². The fourth-order valence-corrected chi connectivity index (χ4v) is 3.52. The lowest BCUT2D eigenvalue weighted by atomic mass is 10.0. The van der Waals surface area contributed by atoms with Gasteiger partial charge in [0.15, 0.2) is 0 Å². The highest BCUT2D eigenvalue weighted by Gasteiger charge is 2.23. The molecule has 0 saturated heterocycles. The Kier molecular flexibility index (Phi) is 5.18. The molecule has 0 fully saturated rings. The third-order valence-electron chi connectivity index (χ3n) is 4.28. The van der Waals surface area contributed by atoms with Gasteiger partial charge in [-0.1, -0.05) is 48.0 Å². The van der Waals surface area contributed by atoms with Crippen molar-refractivity contribution in [2.45, 2.75) is 6.61 Å². The largest absolute Gasteiger partial charge is 0.487 e. The van der Waals surface area contributed by atoms with Gasteiger partial charge in [0, 0.05) is 20.4 Å². The smallest absolute Gasteiger partial charge is 0.256 e. The molecule has 27 heavy (non-hydrogen) atoms. The van der Waals surface area contributed by atoms with Gasteiger partial charge in [-0.3, -0.25) is 4.79 Å². The van der Waals surface area contributed by atoms with Gasteiger partial charge < -0.3 is 10.1 Å². The molecule has 1 N–H and O–H groups in total. The monoisotopic (exact) mass is 487 g/mol. The van der Waals surface area contributed by atoms with Crippen molar-refractivity contribution in [2.24, 2.45) is 0 Å². The van der Waals surface area contributed by atoms with Gasteiger partial charge in [-0.2, -0.15) is 0 Å². The third kappa shape index (κ3) is 4.01. The molecule has 0 aliphatic carbocycles. The molecule has 3 nitrogen and oxygen atoms in total. The lowest BCUT2D eigenvalue weighted by Gasteiger charge is -2.09. The number of rotatable bonds is 4. The number of benzene rings is 3. The zero-order valence-corrected chi connectivity index (χ0v) is 17.1. The molecule has 1 aliphatic rings. The first-order valence-corrected chi connectivity index (χ1v) is 9.85. The molecule has 0 atom stereocenters. The fraction of sp³-hybridized carbons (Fsp3) is 0.0455. The second-order valence-corrected chi connectivity index (χ2v) is 7.82. The summed E-state index contributed by atoms with van der Waals surface area (Å²) in [7, 11) is 0. The van der Waals surface area contributed by atoms with E-state index in [4.69, 9.17) is 16.3 Å². The highest BCUT2D eigenvalue weighted by molar-refractivity contribution is 14.1. The maximum Gasteiger partial charge on any atom is 0.256 e. The van der Waals surface area contributed by atoms with Crippen LogP contribution in [0.15, 0.2) is 66.7 Å². The third-order valence-corrected chi connectivity index (χ3v) is 5.30. The maximum atomic E-state index is 12.2. The van der Waals surface area contributed by atoms with E-state index in [9.17, 15) is 4.79 Å². The lowest BCUT2D eigenvalue weighted by molar-refractivity contribution is -0.110. The summed E-state index contributed by atoms with van der Waals surface area (Å²) in [5, 5.41) is 3.39. The number of carbonyl (C=O) groups excluding carboxylic acids is 1. The van der Waals surface area contributed by atoms with Crippen LogP contribution in [0.1, 0.15) is 16.7 Å². The number of ether oxygens (including phenoxy) is 1. The predicted octanol–water partition coefficient (Wildman–Crippen LogP) is 6.02. The summed E-state index contributed by atoms with van der Waals surface area (Å²) in [6.45, 7) is 0.451. The lowest BCUT2D eigenvalue weighted by Crippen LogP contribution is -2.03. The Morgan fingerprint density at radius 1 is 1.04 bits per heavy atom. The van der Waals surface area contributed by atoms with Crippen molar-refractivity contribution in [3.63, 3.8) is 0 Å². The highest BCUT2D eigenvalue weighted by atomic mass is 127. The topological polar surface area (TPSA) is 38.3 Å². The zero-order chi connectivity index (χ0) is 18.8. The quantitative estimate of drug-likeness (QED) is 0.361. The SMILES string of the molecule is O=C1Nc2ccccc2C1=Cc1ccc(OCc2ccc(I)cc2)c(Cl)c1. The van der Waals surface area contributed by atoms with Crippen LogP contribution in [-0.2, 0) is 11.4 Å². The summed E-state index contributed by atoms with van der Waals surface area (Å²) in [6, 6.07) is 21.3. The molecule has 134 valence electrons. The molecule has 0 aromatic heterocycles. The predicted molar refractivity (Wildman–Crippen MR) is 118 cm³/mol. The Balaban J connectivity index is 1.53. The molecule has 4 rings (SSSR count). The van der Waals surface area contributed by atoms with Crippen LogP contribution in [0.4, 0.5) is 5.69 Å². The average molecular weight is 488 g/mol. The van der Waals surface area contributed by atoms with Crippen LogP contribution >= 0.6 is 34.2 Å². The highest BCUT2D eigenvalue weighted by Crippen LogP contribution is 2.34. The molecule has 3 aromatic carbocycles. The minimum atomic E-state index is -0.105. The summed E-state index contributed by atoms with van der Waals surface area (Å²) in [5.41, 5.74) is 4.30. The first kappa shape index (κ1) is 18.1. The number of amides is 1. The van der Waals surface area contributed by atoms with Crippen molar-refractivity contribution in [2.75, 3.05) is 5.32 Å². The summed E-state index contributed by atoms with van der Waals surface area (Å²) in [6.07, 6.45) is 1.84. The van der Waals surface area contributed by atoms with E-state index >= 15 is 0 Å². The normalized spacial score (nSPS) is 14.1. The van der Waals surface area contributed by atoms with Gasteiger partial charge in [0.1, 0.15) is 12.4 Å². The summed E-state index contributed by atoms with van der Waals surface area (Å²) in [4.78, 5) is 12.2. The summed E-state index contributed by atoms with van der Waals surface area (Å²) in [5.74, 6) is 0.514. The first-order chi connectivity index (χ1) is 13.1. The second-order valence-electron chi connectivity index (χ2n) is 6.16. The van der Waals surface area contributed by atoms with Crippen molar-refractivity contribution in [3.8, 4) is 5.75 Å². The van der Waals surface area contributed by atoms with Crippen LogP contribution in [0.3, 0.4) is 0 Å². The van der Waals surface area contributed by atoms with Crippen LogP contribution in [0.2, 0.25) is 5.02 Å². The minimum absolute atomic E-state index is 0.105. The van der Waals surface area contributed by atoms with Crippen molar-refractivity contribution in [1.29, 1.82) is 0 Å². The fourth-order valence-electron chi connectivity index (χ4n) is 2.91. The molecule has 1 amide bonds. The van der Waals surface area contributed by atoms with Crippen LogP contribution in [0.25, 0.3) is 11.6 Å². The second kappa shape index (κ2) is 7.74. The van der Waals surface area contributed by atoms with Gasteiger partial charge in [-0.15, -0.1) is 0 Å². The molecule has 3 aromatic rings. The van der Waals surface area contributed by atoms with Gasteiger partial charge in [0.25, 0.3) is 5.91 Å². The van der Waals surface area contributed by atoms with Gasteiger partial charge in [-0.05, 0) is 70.1 Å². The Labute approximate surface area is 176 Å². The van der Waals surface area contributed by atoms with Crippen LogP contribution in [0, 0.1) is 3.57 Å². The Morgan fingerprint density at radius 3 is 2.59 bits per heavy atom. The van der Waals surface area contributed by atoms with Crippen LogP contribution in [0.5, 0.6) is 5.75 Å². The van der Waals surface area contributed by atoms with E-state index in [0.29, 0.717) is 23.0 Å². The van der Waals surface area contributed by atoms with E-state index in [-0.39, 0.29) is 5.91 Å². The first-order valence-electron chi connectivity index (χ1n) is 8.39. The molecule has 0 bridgehead atoms. The number of fused-ring (bicyclic) bond motifs is 1. The van der Waals surface area contributed by atoms with E-state index in [1.807, 2.05) is 72.8 Å². The van der Waals surface area contributed by atoms with Crippen LogP contribution in [-0.4, -0.2) is 5.91 Å². The number of hydrogen-bond donors (Lipinski definition) is 1. The van der Waals surface area contributed by atoms with Gasteiger partial charge >= 0.3 is 0 Å². The van der Waals surface area contributed by atoms with Crippen molar-refractivity contribution in [1.82, 2.24) is 0 Å². The summed E-state index contributed by atoms with van der Waals surface area (Å²) >= 11 is 8.66. The Hall–Kier alpha value is -2.31. The van der Waals surface area contributed by atoms with Gasteiger partial charge in [-0.25, -0.2) is 0 Å². The van der Waals surface area contributed by atoms with Gasteiger partial charge in [0.05, 0.1) is 5.02 Å². The molecular weight excluding hydrogens is 473 g/mol. The summed E-state index contributed by atoms with van der Waals surface area (Å²) < 4.78 is 7.02. The number of halogens is 2. The van der Waals surface area contributed by atoms with E-state index < -0.39 is 0 Å². The van der Waals surface area contributed by atoms with Crippen molar-refractivity contribution < 1.29 is 9.53 Å². The molecule has 0 spiro atoms. The maximum absolute atomic E-state index is 12.2. The van der Waals surface area contributed by atoms with Gasteiger partial charge in [0.2, 0.25) is 0 Å². The number of carbonyl (C=O) groups is 1. The minimum Gasteiger partial charge on any atom is -0.487 e. The number of para-hydroxylation sites is 1. The molecule has 5 heteroatoms. The average Bonchev–Trinajstić information content (AvgIpc) is 2.98. The van der Waals surface area contributed by atoms with Crippen molar-refractivity contribution >= 4 is 57.4 Å². The number of hydrogen-bond acceptors (Lipinski definition) is 2. The molecule has 0 saturated carbocycles. The zero-order valence-electron chi connectivity index (χ0n) is 14.2. The number of nitrogens with one attached hydrogen (secondary N) is 1. The van der Waals surface area contributed by atoms with Crippen LogP contribution < -0.4 is 10.1 Å². The molecule has 1 heterocycles. The molecule has 0 radical (unpaired) electrons. The van der Waals surface area contributed by atoms with E-state index in [1.165, 1.54) is 3.57 Å². The molecule has 0 unspecified atom stereocenters. The Morgan fingerprint density at radius 2 is 1.81 bits per heavy atom. The van der Waals surface area contributed by atoms with E-state index in [1.54, 1.807) is 0 Å².